The van der Waals surface area contributed by atoms with E-state index in [1.54, 1.807) is 0 Å². The highest BCUT2D eigenvalue weighted by atomic mass is 32.2. The van der Waals surface area contributed by atoms with E-state index in [9.17, 15) is 8.76 Å². The molecule has 0 spiro atoms. The minimum atomic E-state index is -2.36. The van der Waals surface area contributed by atoms with E-state index in [2.05, 4.69) is 11.6 Å². The maximum atomic E-state index is 10.9. The van der Waals surface area contributed by atoms with Crippen molar-refractivity contribution in [1.82, 2.24) is 0 Å². The normalized spacial score (nSPS) is 24.8. The van der Waals surface area contributed by atoms with E-state index in [4.69, 9.17) is 9.47 Å². The number of anilines is 1. The summed E-state index contributed by atoms with van der Waals surface area (Å²) in [5, 5.41) is 0. The van der Waals surface area contributed by atoms with Gasteiger partial charge in [-0.1, -0.05) is 13.0 Å². The highest BCUT2D eigenvalue weighted by Crippen LogP contribution is 2.38. The van der Waals surface area contributed by atoms with Gasteiger partial charge in [0.25, 0.3) is 0 Å². The zero-order valence-electron chi connectivity index (χ0n) is 11.8. The van der Waals surface area contributed by atoms with Crippen molar-refractivity contribution >= 4 is 17.0 Å². The second-order valence-electron chi connectivity index (χ2n) is 5.28. The van der Waals surface area contributed by atoms with Crippen LogP contribution in [0, 0.1) is 0 Å². The Bertz CT molecular complexity index is 484. The van der Waals surface area contributed by atoms with Crippen LogP contribution in [0.5, 0.6) is 5.75 Å². The summed E-state index contributed by atoms with van der Waals surface area (Å²) in [4.78, 5) is 0. The Morgan fingerprint density at radius 3 is 2.90 bits per heavy atom. The molecular weight excluding hydrogens is 278 g/mol. The van der Waals surface area contributed by atoms with Gasteiger partial charge in [0.2, 0.25) is 0 Å². The molecule has 2 rings (SSSR count). The summed E-state index contributed by atoms with van der Waals surface area (Å²) >= 11 is -2.36. The van der Waals surface area contributed by atoms with Gasteiger partial charge in [0.15, 0.2) is 0 Å². The van der Waals surface area contributed by atoms with Crippen LogP contribution in [0.2, 0.25) is 0 Å². The molecule has 2 unspecified atom stereocenters. The molecule has 1 aliphatic rings. The van der Waals surface area contributed by atoms with Gasteiger partial charge in [-0.05, 0) is 42.4 Å². The Morgan fingerprint density at radius 2 is 2.20 bits per heavy atom. The summed E-state index contributed by atoms with van der Waals surface area (Å²) in [6.07, 6.45) is 2.97. The Balaban J connectivity index is 2.33. The van der Waals surface area contributed by atoms with Crippen LogP contribution in [-0.4, -0.2) is 29.1 Å². The molecule has 5 nitrogen and oxygen atoms in total. The van der Waals surface area contributed by atoms with Gasteiger partial charge in [-0.25, -0.2) is 0 Å². The fraction of sp³-hybridized carbons (Fsp3) is 0.571. The number of hydrogen-bond donors (Lipinski definition) is 1. The first-order chi connectivity index (χ1) is 9.55. The number of rotatable bonds is 4. The fourth-order valence-corrected chi connectivity index (χ4v) is 2.97. The molecule has 1 aromatic rings. The molecule has 1 saturated heterocycles. The van der Waals surface area contributed by atoms with Gasteiger partial charge < -0.3 is 18.7 Å². The second kappa shape index (κ2) is 6.56. The van der Waals surface area contributed by atoms with Crippen molar-refractivity contribution in [2.75, 3.05) is 25.0 Å². The van der Waals surface area contributed by atoms with Crippen molar-refractivity contribution in [3.05, 3.63) is 23.8 Å². The van der Waals surface area contributed by atoms with Gasteiger partial charge >= 0.3 is 0 Å². The third-order valence-corrected chi connectivity index (χ3v) is 4.29. The second-order valence-corrected chi connectivity index (χ2v) is 5.95. The lowest BCUT2D eigenvalue weighted by molar-refractivity contribution is 0.140. The Kier molecular flexibility index (Phi) is 5.01. The van der Waals surface area contributed by atoms with Gasteiger partial charge in [0.1, 0.15) is 5.75 Å². The fourth-order valence-electron chi connectivity index (χ4n) is 2.63. The molecule has 112 valence electrons. The quantitative estimate of drug-likeness (QED) is 0.866. The van der Waals surface area contributed by atoms with Crippen molar-refractivity contribution in [1.29, 1.82) is 0 Å². The zero-order valence-corrected chi connectivity index (χ0v) is 12.6. The van der Waals surface area contributed by atoms with Crippen LogP contribution in [0.3, 0.4) is 0 Å². The van der Waals surface area contributed by atoms with E-state index in [1.165, 1.54) is 7.11 Å². The third kappa shape index (κ3) is 3.50. The van der Waals surface area contributed by atoms with Gasteiger partial charge in [0.05, 0.1) is 12.8 Å². The Hall–Kier alpha value is -1.11. The number of hydrogen-bond acceptors (Lipinski definition) is 4. The van der Waals surface area contributed by atoms with Crippen LogP contribution >= 0.6 is 0 Å². The average Bonchev–Trinajstić information content (AvgIpc) is 2.64. The number of ether oxygens (including phenoxy) is 2. The standard InChI is InChI=1S/C14H21NO4S/c1-14(6-3-8-19-9-7-14)11-4-5-13(18-2)12(10-11)15-20(16)17/h4-5,10,15H,3,6-9H2,1-2H3,(H,16,17)/p-1. The average molecular weight is 298 g/mol. The Morgan fingerprint density at radius 1 is 1.40 bits per heavy atom. The van der Waals surface area contributed by atoms with E-state index < -0.39 is 11.3 Å². The molecule has 1 aromatic carbocycles. The van der Waals surface area contributed by atoms with Crippen LogP contribution in [0.1, 0.15) is 31.7 Å². The Labute approximate surface area is 122 Å². The SMILES string of the molecule is COc1ccc(C2(C)CCCOCC2)cc1NS(=O)[O-]. The summed E-state index contributed by atoms with van der Waals surface area (Å²) in [7, 11) is 1.52. The molecule has 0 amide bonds. The van der Waals surface area contributed by atoms with Crippen LogP contribution in [0.25, 0.3) is 0 Å². The number of methoxy groups -OCH3 is 1. The zero-order chi connectivity index (χ0) is 14.6. The van der Waals surface area contributed by atoms with Crippen molar-refractivity contribution < 1.29 is 18.2 Å². The molecule has 2 atom stereocenters. The molecule has 0 bridgehead atoms. The molecule has 1 N–H and O–H groups in total. The summed E-state index contributed by atoms with van der Waals surface area (Å²) in [6, 6.07) is 5.67. The van der Waals surface area contributed by atoms with Crippen LogP contribution in [0.15, 0.2) is 18.2 Å². The predicted molar refractivity (Wildman–Crippen MR) is 77.6 cm³/mol. The lowest BCUT2D eigenvalue weighted by atomic mass is 9.76. The lowest BCUT2D eigenvalue weighted by Gasteiger charge is -2.29. The van der Waals surface area contributed by atoms with Gasteiger partial charge in [-0.2, -0.15) is 0 Å². The lowest BCUT2D eigenvalue weighted by Crippen LogP contribution is -2.22. The van der Waals surface area contributed by atoms with Crippen molar-refractivity contribution in [3.8, 4) is 5.75 Å². The topological polar surface area (TPSA) is 70.6 Å². The van der Waals surface area contributed by atoms with Crippen molar-refractivity contribution in [3.63, 3.8) is 0 Å². The first-order valence-corrected chi connectivity index (χ1v) is 7.75. The molecule has 0 aromatic heterocycles. The van der Waals surface area contributed by atoms with E-state index in [-0.39, 0.29) is 5.41 Å². The molecule has 6 heteroatoms. The molecule has 1 fully saturated rings. The molecule has 0 saturated carbocycles. The first-order valence-electron chi connectivity index (χ1n) is 6.67. The molecular formula is C14H20NO4S-. The van der Waals surface area contributed by atoms with E-state index in [1.807, 2.05) is 18.2 Å². The van der Waals surface area contributed by atoms with E-state index >= 15 is 0 Å². The highest BCUT2D eigenvalue weighted by Gasteiger charge is 2.28. The largest absolute Gasteiger partial charge is 0.755 e. The molecule has 1 aliphatic heterocycles. The van der Waals surface area contributed by atoms with Crippen LogP contribution in [0.4, 0.5) is 5.69 Å². The number of nitrogens with one attached hydrogen (secondary N) is 1. The minimum absolute atomic E-state index is 0.00355. The van der Waals surface area contributed by atoms with Gasteiger partial charge in [-0.3, -0.25) is 4.21 Å². The van der Waals surface area contributed by atoms with Gasteiger partial charge in [-0.15, -0.1) is 0 Å². The van der Waals surface area contributed by atoms with Crippen molar-refractivity contribution in [2.24, 2.45) is 0 Å². The smallest absolute Gasteiger partial charge is 0.142 e. The van der Waals surface area contributed by atoms with E-state index in [0.29, 0.717) is 11.4 Å². The van der Waals surface area contributed by atoms with Crippen molar-refractivity contribution in [2.45, 2.75) is 31.6 Å². The highest BCUT2D eigenvalue weighted by molar-refractivity contribution is 7.80. The maximum absolute atomic E-state index is 10.9. The van der Waals surface area contributed by atoms with Crippen LogP contribution < -0.4 is 9.46 Å². The summed E-state index contributed by atoms with van der Waals surface area (Å²) < 4.78 is 34.8. The maximum Gasteiger partial charge on any atom is 0.142 e. The molecule has 20 heavy (non-hydrogen) atoms. The van der Waals surface area contributed by atoms with E-state index in [0.717, 1.165) is 38.0 Å². The van der Waals surface area contributed by atoms with Gasteiger partial charge in [0, 0.05) is 24.5 Å². The minimum Gasteiger partial charge on any atom is -0.755 e. The third-order valence-electron chi connectivity index (χ3n) is 3.91. The summed E-state index contributed by atoms with van der Waals surface area (Å²) in [5.41, 5.74) is 1.59. The number of benzene rings is 1. The molecule has 1 heterocycles. The molecule has 0 radical (unpaired) electrons. The van der Waals surface area contributed by atoms with Crippen LogP contribution in [-0.2, 0) is 21.4 Å². The summed E-state index contributed by atoms with van der Waals surface area (Å²) in [5.74, 6) is 0.520. The summed E-state index contributed by atoms with van der Waals surface area (Å²) in [6.45, 7) is 3.72. The monoisotopic (exact) mass is 298 g/mol. The predicted octanol–water partition coefficient (Wildman–Crippen LogP) is 2.36. The molecule has 0 aliphatic carbocycles. The first kappa shape index (κ1) is 15.3.